The van der Waals surface area contributed by atoms with E-state index in [-0.39, 0.29) is 18.6 Å². The van der Waals surface area contributed by atoms with Crippen LogP contribution in [0.15, 0.2) is 42.5 Å². The highest BCUT2D eigenvalue weighted by Gasteiger charge is 2.10. The monoisotopic (exact) mass is 297 g/mol. The Hall–Kier alpha value is -2.29. The van der Waals surface area contributed by atoms with Gasteiger partial charge in [-0.3, -0.25) is 4.79 Å². The van der Waals surface area contributed by atoms with Crippen LogP contribution in [0.1, 0.15) is 35.2 Å². The van der Waals surface area contributed by atoms with Crippen LogP contribution in [0.25, 0.3) is 0 Å². The number of amides is 1. The number of hydrogen-bond donors (Lipinski definition) is 1. The largest absolute Gasteiger partial charge is 0.484 e. The smallest absolute Gasteiger partial charge is 0.258 e. The van der Waals surface area contributed by atoms with Crippen LogP contribution in [0.3, 0.4) is 0 Å². The summed E-state index contributed by atoms with van der Waals surface area (Å²) in [6.45, 7) is 8.06. The van der Waals surface area contributed by atoms with Gasteiger partial charge in [-0.2, -0.15) is 0 Å². The fourth-order valence-electron chi connectivity index (χ4n) is 2.33. The van der Waals surface area contributed by atoms with Gasteiger partial charge in [-0.15, -0.1) is 0 Å². The molecular formula is C19H23NO2. The summed E-state index contributed by atoms with van der Waals surface area (Å²) in [5.41, 5.74) is 4.52. The molecule has 2 aromatic carbocycles. The van der Waals surface area contributed by atoms with Gasteiger partial charge in [-0.1, -0.05) is 47.5 Å². The molecule has 0 saturated carbocycles. The van der Waals surface area contributed by atoms with Crippen LogP contribution < -0.4 is 10.1 Å². The predicted molar refractivity (Wildman–Crippen MR) is 89.1 cm³/mol. The van der Waals surface area contributed by atoms with Crippen LogP contribution in [-0.2, 0) is 4.79 Å². The van der Waals surface area contributed by atoms with Crippen molar-refractivity contribution < 1.29 is 9.53 Å². The summed E-state index contributed by atoms with van der Waals surface area (Å²) in [7, 11) is 0. The van der Waals surface area contributed by atoms with Crippen LogP contribution in [0.2, 0.25) is 0 Å². The van der Waals surface area contributed by atoms with Gasteiger partial charge in [0.15, 0.2) is 6.61 Å². The summed E-state index contributed by atoms with van der Waals surface area (Å²) in [5.74, 6) is 0.636. The molecule has 0 aliphatic rings. The third kappa shape index (κ3) is 4.35. The fraction of sp³-hybridized carbons (Fsp3) is 0.316. The lowest BCUT2D eigenvalue weighted by atomic mass is 10.1. The topological polar surface area (TPSA) is 38.3 Å². The molecule has 0 radical (unpaired) electrons. The molecule has 1 atom stereocenters. The summed E-state index contributed by atoms with van der Waals surface area (Å²) in [6.07, 6.45) is 0. The first-order valence-corrected chi connectivity index (χ1v) is 7.51. The van der Waals surface area contributed by atoms with Gasteiger partial charge in [-0.05, 0) is 44.9 Å². The molecule has 1 N–H and O–H groups in total. The molecule has 1 amide bonds. The van der Waals surface area contributed by atoms with E-state index in [0.29, 0.717) is 0 Å². The van der Waals surface area contributed by atoms with E-state index in [1.807, 2.05) is 70.2 Å². The lowest BCUT2D eigenvalue weighted by molar-refractivity contribution is -0.123. The van der Waals surface area contributed by atoms with E-state index in [2.05, 4.69) is 5.32 Å². The number of benzene rings is 2. The molecule has 2 aromatic rings. The first-order valence-electron chi connectivity index (χ1n) is 7.51. The second-order valence-electron chi connectivity index (χ2n) is 5.76. The second-order valence-corrected chi connectivity index (χ2v) is 5.76. The maximum absolute atomic E-state index is 12.0. The highest BCUT2D eigenvalue weighted by atomic mass is 16.5. The normalized spacial score (nSPS) is 11.8. The third-order valence-corrected chi connectivity index (χ3v) is 3.64. The molecule has 0 bridgehead atoms. The Labute approximate surface area is 132 Å². The molecule has 22 heavy (non-hydrogen) atoms. The molecule has 0 aliphatic heterocycles. The maximum atomic E-state index is 12.0. The van der Waals surface area contributed by atoms with Gasteiger partial charge in [0.2, 0.25) is 0 Å². The molecule has 0 heterocycles. The first kappa shape index (κ1) is 16.1. The molecule has 116 valence electrons. The van der Waals surface area contributed by atoms with E-state index < -0.39 is 0 Å². The molecule has 0 spiro atoms. The van der Waals surface area contributed by atoms with Crippen molar-refractivity contribution in [2.75, 3.05) is 6.61 Å². The average molecular weight is 297 g/mol. The molecule has 0 unspecified atom stereocenters. The van der Waals surface area contributed by atoms with Crippen molar-refractivity contribution in [3.8, 4) is 5.75 Å². The van der Waals surface area contributed by atoms with Gasteiger partial charge in [-0.25, -0.2) is 0 Å². The van der Waals surface area contributed by atoms with Gasteiger partial charge in [0.25, 0.3) is 5.91 Å². The van der Waals surface area contributed by atoms with Gasteiger partial charge < -0.3 is 10.1 Å². The van der Waals surface area contributed by atoms with E-state index in [0.717, 1.165) is 16.9 Å². The number of ether oxygens (including phenoxy) is 1. The first-order chi connectivity index (χ1) is 10.5. The number of carbonyl (C=O) groups is 1. The van der Waals surface area contributed by atoms with Crippen LogP contribution in [0, 0.1) is 20.8 Å². The summed E-state index contributed by atoms with van der Waals surface area (Å²) in [6, 6.07) is 14.1. The molecule has 0 fully saturated rings. The Morgan fingerprint density at radius 3 is 2.32 bits per heavy atom. The Morgan fingerprint density at radius 2 is 1.68 bits per heavy atom. The van der Waals surface area contributed by atoms with Crippen molar-refractivity contribution in [3.63, 3.8) is 0 Å². The zero-order chi connectivity index (χ0) is 16.1. The quantitative estimate of drug-likeness (QED) is 0.910. The zero-order valence-electron chi connectivity index (χ0n) is 13.6. The molecule has 3 heteroatoms. The number of rotatable bonds is 5. The van der Waals surface area contributed by atoms with E-state index in [1.54, 1.807) is 0 Å². The molecule has 0 saturated heterocycles. The van der Waals surface area contributed by atoms with Gasteiger partial charge in [0.1, 0.15) is 5.75 Å². The van der Waals surface area contributed by atoms with Crippen LogP contribution in [-0.4, -0.2) is 12.5 Å². The molecule has 2 rings (SSSR count). The standard InChI is InChI=1S/C19H23NO2/c1-13-5-8-17(9-6-13)16(4)20-19(21)12-22-18-10-7-14(2)11-15(18)3/h5-11,16H,12H2,1-4H3,(H,20,21)/t16-/m1/s1. The summed E-state index contributed by atoms with van der Waals surface area (Å²) in [5, 5.41) is 2.95. The number of carbonyl (C=O) groups excluding carboxylic acids is 1. The van der Waals surface area contributed by atoms with Crippen LogP contribution >= 0.6 is 0 Å². The average Bonchev–Trinajstić information content (AvgIpc) is 2.47. The lowest BCUT2D eigenvalue weighted by Crippen LogP contribution is -2.31. The van der Waals surface area contributed by atoms with E-state index in [4.69, 9.17) is 4.74 Å². The van der Waals surface area contributed by atoms with Crippen molar-refractivity contribution in [1.29, 1.82) is 0 Å². The Kier molecular flexibility index (Phi) is 5.21. The second kappa shape index (κ2) is 7.12. The number of aryl methyl sites for hydroxylation is 3. The Morgan fingerprint density at radius 1 is 1.05 bits per heavy atom. The van der Waals surface area contributed by atoms with Crippen molar-refractivity contribution in [2.45, 2.75) is 33.7 Å². The van der Waals surface area contributed by atoms with E-state index >= 15 is 0 Å². The summed E-state index contributed by atoms with van der Waals surface area (Å²) < 4.78 is 5.60. The summed E-state index contributed by atoms with van der Waals surface area (Å²) >= 11 is 0. The highest BCUT2D eigenvalue weighted by molar-refractivity contribution is 5.78. The van der Waals surface area contributed by atoms with Crippen LogP contribution in [0.4, 0.5) is 0 Å². The Balaban J connectivity index is 1.88. The van der Waals surface area contributed by atoms with Gasteiger partial charge in [0.05, 0.1) is 6.04 Å². The third-order valence-electron chi connectivity index (χ3n) is 3.64. The highest BCUT2D eigenvalue weighted by Crippen LogP contribution is 2.18. The molecular weight excluding hydrogens is 274 g/mol. The number of hydrogen-bond acceptors (Lipinski definition) is 2. The van der Waals surface area contributed by atoms with Gasteiger partial charge >= 0.3 is 0 Å². The van der Waals surface area contributed by atoms with Crippen molar-refractivity contribution in [1.82, 2.24) is 5.32 Å². The maximum Gasteiger partial charge on any atom is 0.258 e. The Bertz CT molecular complexity index is 647. The van der Waals surface area contributed by atoms with E-state index in [1.165, 1.54) is 11.1 Å². The number of nitrogens with one attached hydrogen (secondary N) is 1. The van der Waals surface area contributed by atoms with Crippen molar-refractivity contribution >= 4 is 5.91 Å². The lowest BCUT2D eigenvalue weighted by Gasteiger charge is -2.15. The van der Waals surface area contributed by atoms with Crippen molar-refractivity contribution in [3.05, 3.63) is 64.7 Å². The SMILES string of the molecule is Cc1ccc([C@@H](C)NC(=O)COc2ccc(C)cc2C)cc1. The molecule has 0 aliphatic carbocycles. The van der Waals surface area contributed by atoms with Gasteiger partial charge in [0, 0.05) is 0 Å². The molecule has 3 nitrogen and oxygen atoms in total. The van der Waals surface area contributed by atoms with Crippen molar-refractivity contribution in [2.24, 2.45) is 0 Å². The summed E-state index contributed by atoms with van der Waals surface area (Å²) in [4.78, 5) is 12.0. The minimum Gasteiger partial charge on any atom is -0.484 e. The minimum absolute atomic E-state index is 0.0279. The minimum atomic E-state index is -0.118. The zero-order valence-corrected chi connectivity index (χ0v) is 13.6. The van der Waals surface area contributed by atoms with Crippen LogP contribution in [0.5, 0.6) is 5.75 Å². The van der Waals surface area contributed by atoms with E-state index in [9.17, 15) is 4.79 Å². The molecule has 0 aromatic heterocycles. The predicted octanol–water partition coefficient (Wildman–Crippen LogP) is 3.87. The fourth-order valence-corrected chi connectivity index (χ4v) is 2.33.